The molecule has 3 unspecified atom stereocenters. The Morgan fingerprint density at radius 3 is 2.90 bits per heavy atom. The number of rotatable bonds is 7. The fraction of sp³-hybridized carbons (Fsp3) is 0.524. The number of hydrogen-bond donors (Lipinski definition) is 1. The van der Waals surface area contributed by atoms with Crippen LogP contribution in [0, 0.1) is 13.8 Å². The van der Waals surface area contributed by atoms with Crippen LogP contribution in [0.4, 0.5) is 0 Å². The summed E-state index contributed by atoms with van der Waals surface area (Å²) in [4.78, 5) is 4.66. The predicted molar refractivity (Wildman–Crippen MR) is 106 cm³/mol. The molecule has 3 aromatic rings. The first-order valence-corrected chi connectivity index (χ1v) is 10.1. The molecule has 1 aliphatic rings. The molecule has 1 N–H and O–H groups in total. The van der Waals surface area contributed by atoms with Gasteiger partial charge in [0.1, 0.15) is 17.6 Å². The molecule has 29 heavy (non-hydrogen) atoms. The Bertz CT molecular complexity index is 924. The van der Waals surface area contributed by atoms with Crippen molar-refractivity contribution in [1.29, 1.82) is 0 Å². The van der Waals surface area contributed by atoms with Crippen molar-refractivity contribution in [3.8, 4) is 11.5 Å². The molecule has 0 aliphatic heterocycles. The monoisotopic (exact) mass is 397 g/mol. The molecule has 1 aliphatic carbocycles. The summed E-state index contributed by atoms with van der Waals surface area (Å²) in [6.07, 6.45) is 4.05. The van der Waals surface area contributed by atoms with Crippen molar-refractivity contribution in [2.24, 2.45) is 0 Å². The number of aryl methyl sites for hydroxylation is 2. The van der Waals surface area contributed by atoms with E-state index in [4.69, 9.17) is 13.9 Å². The number of benzene rings is 1. The molecular formula is C21H27N5O3. The van der Waals surface area contributed by atoms with Gasteiger partial charge in [0.15, 0.2) is 0 Å². The van der Waals surface area contributed by atoms with Crippen LogP contribution in [-0.2, 0) is 16.1 Å². The van der Waals surface area contributed by atoms with E-state index in [1.165, 1.54) is 5.56 Å². The van der Waals surface area contributed by atoms with Crippen molar-refractivity contribution in [2.45, 2.75) is 71.4 Å². The third-order valence-corrected chi connectivity index (χ3v) is 5.31. The van der Waals surface area contributed by atoms with Crippen molar-refractivity contribution in [3.63, 3.8) is 0 Å². The molecule has 0 radical (unpaired) electrons. The summed E-state index contributed by atoms with van der Waals surface area (Å²) in [5.41, 5.74) is 3.02. The van der Waals surface area contributed by atoms with Gasteiger partial charge in [0, 0.05) is 5.56 Å². The minimum absolute atomic E-state index is 0.128. The number of oxazole rings is 1. The van der Waals surface area contributed by atoms with Crippen molar-refractivity contribution >= 4 is 0 Å². The van der Waals surface area contributed by atoms with Crippen LogP contribution in [-0.4, -0.2) is 37.8 Å². The van der Waals surface area contributed by atoms with Gasteiger partial charge in [-0.25, -0.2) is 4.98 Å². The maximum Gasteiger partial charge on any atom is 0.226 e. The van der Waals surface area contributed by atoms with Gasteiger partial charge in [0.2, 0.25) is 11.7 Å². The maximum atomic E-state index is 6.17. The number of H-pyrrole nitrogens is 1. The van der Waals surface area contributed by atoms with Gasteiger partial charge >= 0.3 is 0 Å². The fourth-order valence-corrected chi connectivity index (χ4v) is 3.73. The summed E-state index contributed by atoms with van der Waals surface area (Å²) in [5, 5.41) is 14.1. The normalized spacial score (nSPS) is 20.7. The second-order valence-electron chi connectivity index (χ2n) is 7.66. The zero-order valence-electron chi connectivity index (χ0n) is 17.1. The Labute approximate surface area is 170 Å². The SMILES string of the molecule is Cc1cccc(-c2nc(COC3CCCC(OC(C)c4nn[nH]n4)C3)c(C)o2)c1. The molecule has 2 heterocycles. The van der Waals surface area contributed by atoms with Crippen LogP contribution < -0.4 is 0 Å². The molecule has 1 fully saturated rings. The Morgan fingerprint density at radius 2 is 2.10 bits per heavy atom. The van der Waals surface area contributed by atoms with Crippen LogP contribution >= 0.6 is 0 Å². The molecule has 4 rings (SSSR count). The molecule has 8 nitrogen and oxygen atoms in total. The Balaban J connectivity index is 1.33. The predicted octanol–water partition coefficient (Wildman–Crippen LogP) is 4.08. The number of aromatic nitrogens is 5. The fourth-order valence-electron chi connectivity index (χ4n) is 3.73. The molecule has 1 aromatic carbocycles. The smallest absolute Gasteiger partial charge is 0.226 e. The van der Waals surface area contributed by atoms with Crippen LogP contribution in [0.25, 0.3) is 11.5 Å². The van der Waals surface area contributed by atoms with Crippen molar-refractivity contribution in [1.82, 2.24) is 25.6 Å². The molecule has 0 amide bonds. The topological polar surface area (TPSA) is 99.0 Å². The van der Waals surface area contributed by atoms with Gasteiger partial charge in [0.25, 0.3) is 0 Å². The minimum atomic E-state index is -0.188. The summed E-state index contributed by atoms with van der Waals surface area (Å²) in [6.45, 7) is 6.38. The van der Waals surface area contributed by atoms with E-state index in [2.05, 4.69) is 44.7 Å². The van der Waals surface area contributed by atoms with E-state index in [0.717, 1.165) is 42.7 Å². The first-order chi connectivity index (χ1) is 14.1. The van der Waals surface area contributed by atoms with Gasteiger partial charge in [-0.1, -0.05) is 22.9 Å². The highest BCUT2D eigenvalue weighted by molar-refractivity contribution is 5.54. The zero-order chi connectivity index (χ0) is 20.2. The van der Waals surface area contributed by atoms with Gasteiger partial charge < -0.3 is 13.9 Å². The average molecular weight is 397 g/mol. The Morgan fingerprint density at radius 1 is 1.24 bits per heavy atom. The molecule has 0 spiro atoms. The maximum absolute atomic E-state index is 6.17. The third kappa shape index (κ3) is 4.89. The van der Waals surface area contributed by atoms with Crippen LogP contribution in [0.5, 0.6) is 0 Å². The third-order valence-electron chi connectivity index (χ3n) is 5.31. The van der Waals surface area contributed by atoms with E-state index in [1.807, 2.05) is 26.0 Å². The van der Waals surface area contributed by atoms with E-state index in [-0.39, 0.29) is 18.3 Å². The molecule has 2 aromatic heterocycles. The minimum Gasteiger partial charge on any atom is -0.441 e. The lowest BCUT2D eigenvalue weighted by molar-refractivity contribution is -0.0765. The Kier molecular flexibility index (Phi) is 6.01. The van der Waals surface area contributed by atoms with E-state index < -0.39 is 0 Å². The first kappa shape index (κ1) is 19.7. The van der Waals surface area contributed by atoms with Crippen molar-refractivity contribution in [2.75, 3.05) is 0 Å². The van der Waals surface area contributed by atoms with Crippen LogP contribution in [0.15, 0.2) is 28.7 Å². The number of nitrogens with one attached hydrogen (secondary N) is 1. The van der Waals surface area contributed by atoms with Gasteiger partial charge in [0.05, 0.1) is 18.8 Å². The first-order valence-electron chi connectivity index (χ1n) is 10.1. The molecule has 0 saturated heterocycles. The summed E-state index contributed by atoms with van der Waals surface area (Å²) in [7, 11) is 0. The lowest BCUT2D eigenvalue weighted by atomic mass is 9.94. The summed E-state index contributed by atoms with van der Waals surface area (Å²) >= 11 is 0. The number of nitrogens with zero attached hydrogens (tertiary/aromatic N) is 4. The molecule has 8 heteroatoms. The molecule has 0 bridgehead atoms. The van der Waals surface area contributed by atoms with Gasteiger partial charge in [-0.3, -0.25) is 0 Å². The molecule has 1 saturated carbocycles. The molecule has 154 valence electrons. The van der Waals surface area contributed by atoms with E-state index >= 15 is 0 Å². The number of tetrazole rings is 1. The summed E-state index contributed by atoms with van der Waals surface area (Å²) in [6, 6.07) is 8.16. The second kappa shape index (κ2) is 8.84. The average Bonchev–Trinajstić information content (AvgIpc) is 3.37. The quantitative estimate of drug-likeness (QED) is 0.641. The van der Waals surface area contributed by atoms with E-state index in [0.29, 0.717) is 18.3 Å². The van der Waals surface area contributed by atoms with Crippen LogP contribution in [0.1, 0.15) is 61.6 Å². The molecule has 3 atom stereocenters. The lowest BCUT2D eigenvalue weighted by Crippen LogP contribution is -2.29. The number of ether oxygens (including phenoxy) is 2. The van der Waals surface area contributed by atoms with Gasteiger partial charge in [-0.2, -0.15) is 5.21 Å². The highest BCUT2D eigenvalue weighted by atomic mass is 16.5. The lowest BCUT2D eigenvalue weighted by Gasteiger charge is -2.30. The highest BCUT2D eigenvalue weighted by Crippen LogP contribution is 2.29. The van der Waals surface area contributed by atoms with Crippen LogP contribution in [0.3, 0.4) is 0 Å². The van der Waals surface area contributed by atoms with Crippen molar-refractivity contribution in [3.05, 3.63) is 47.1 Å². The Hall–Kier alpha value is -2.58. The van der Waals surface area contributed by atoms with Gasteiger partial charge in [-0.05, 0) is 58.6 Å². The molecular weight excluding hydrogens is 370 g/mol. The highest BCUT2D eigenvalue weighted by Gasteiger charge is 2.26. The summed E-state index contributed by atoms with van der Waals surface area (Å²) in [5.74, 6) is 2.02. The number of aromatic amines is 1. The second-order valence-corrected chi connectivity index (χ2v) is 7.66. The van der Waals surface area contributed by atoms with Gasteiger partial charge in [-0.15, -0.1) is 10.2 Å². The van der Waals surface area contributed by atoms with E-state index in [1.54, 1.807) is 0 Å². The van der Waals surface area contributed by atoms with Crippen LogP contribution in [0.2, 0.25) is 0 Å². The zero-order valence-corrected chi connectivity index (χ0v) is 17.1. The van der Waals surface area contributed by atoms with E-state index in [9.17, 15) is 0 Å². The van der Waals surface area contributed by atoms with Crippen molar-refractivity contribution < 1.29 is 13.9 Å². The summed E-state index contributed by atoms with van der Waals surface area (Å²) < 4.78 is 18.2. The standard InChI is InChI=1S/C21H27N5O3/c1-13-6-4-7-16(10-13)21-22-19(14(2)29-21)12-27-17-8-5-9-18(11-17)28-15(3)20-23-25-26-24-20/h4,6-7,10,15,17-18H,5,8-9,11-12H2,1-3H3,(H,23,24,25,26). The number of hydrogen-bond acceptors (Lipinski definition) is 7. The largest absolute Gasteiger partial charge is 0.441 e.